The molecule has 0 N–H and O–H groups in total. The van der Waals surface area contributed by atoms with Crippen LogP contribution in [0, 0.1) is 6.57 Å². The van der Waals surface area contributed by atoms with Gasteiger partial charge in [-0.2, -0.15) is 0 Å². The first-order chi connectivity index (χ1) is 7.90. The van der Waals surface area contributed by atoms with Gasteiger partial charge in [-0.15, -0.1) is 0 Å². The van der Waals surface area contributed by atoms with E-state index in [0.717, 1.165) is 5.76 Å². The van der Waals surface area contributed by atoms with Crippen molar-refractivity contribution in [3.63, 3.8) is 0 Å². The first kappa shape index (κ1) is 10.2. The van der Waals surface area contributed by atoms with Crippen LogP contribution in [-0.2, 0) is 6.42 Å². The summed E-state index contributed by atoms with van der Waals surface area (Å²) in [5.41, 5.74) is 0.481. The quantitative estimate of drug-likeness (QED) is 0.734. The molecule has 0 aromatic carbocycles. The third-order valence-corrected chi connectivity index (χ3v) is 2.07. The van der Waals surface area contributed by atoms with E-state index in [0.29, 0.717) is 24.5 Å². The number of nitrogens with zero attached hydrogens (tertiary/aromatic N) is 2. The average Bonchev–Trinajstić information content (AvgIpc) is 2.83. The van der Waals surface area contributed by atoms with Crippen LogP contribution in [0.4, 0.5) is 5.69 Å². The molecule has 2 aromatic heterocycles. The van der Waals surface area contributed by atoms with Crippen molar-refractivity contribution in [2.45, 2.75) is 6.42 Å². The molecule has 0 saturated heterocycles. The molecule has 0 saturated carbocycles. The molecule has 80 valence electrons. The van der Waals surface area contributed by atoms with Crippen molar-refractivity contribution < 1.29 is 9.15 Å². The summed E-state index contributed by atoms with van der Waals surface area (Å²) in [7, 11) is 0. The van der Waals surface area contributed by atoms with E-state index >= 15 is 0 Å². The van der Waals surface area contributed by atoms with Gasteiger partial charge in [0.2, 0.25) is 5.69 Å². The number of hydrogen-bond donors (Lipinski definition) is 0. The molecule has 16 heavy (non-hydrogen) atoms. The summed E-state index contributed by atoms with van der Waals surface area (Å²) in [6.07, 6.45) is 5.44. The fraction of sp³-hybridized carbons (Fsp3) is 0.167. The third kappa shape index (κ3) is 2.39. The van der Waals surface area contributed by atoms with E-state index < -0.39 is 0 Å². The minimum Gasteiger partial charge on any atom is -0.503 e. The lowest BCUT2D eigenvalue weighted by molar-refractivity contribution is 0.310. The maximum Gasteiger partial charge on any atom is 0.231 e. The van der Waals surface area contributed by atoms with Crippen molar-refractivity contribution in [2.75, 3.05) is 6.61 Å². The number of ether oxygens (including phenoxy) is 1. The van der Waals surface area contributed by atoms with Gasteiger partial charge in [0.1, 0.15) is 11.5 Å². The van der Waals surface area contributed by atoms with Crippen molar-refractivity contribution in [3.8, 4) is 5.75 Å². The Morgan fingerprint density at radius 1 is 1.44 bits per heavy atom. The fourth-order valence-corrected chi connectivity index (χ4v) is 1.29. The van der Waals surface area contributed by atoms with Gasteiger partial charge in [0.25, 0.3) is 0 Å². The zero-order valence-corrected chi connectivity index (χ0v) is 8.59. The van der Waals surface area contributed by atoms with Crippen LogP contribution in [0.2, 0.25) is 0 Å². The molecule has 0 aliphatic carbocycles. The molecule has 4 heteroatoms. The lowest BCUT2D eigenvalue weighted by atomic mass is 10.3. The highest BCUT2D eigenvalue weighted by atomic mass is 16.5. The number of hydrogen-bond acceptors (Lipinski definition) is 3. The molecule has 0 spiro atoms. The van der Waals surface area contributed by atoms with Crippen LogP contribution in [0.1, 0.15) is 5.76 Å². The van der Waals surface area contributed by atoms with E-state index in [1.54, 1.807) is 24.7 Å². The van der Waals surface area contributed by atoms with Gasteiger partial charge in [0.15, 0.2) is 0 Å². The standard InChI is InChI=1S/C12H10N2O2/c1-13-11-4-6-14-9-12(11)16-8-5-10-3-2-7-15-10/h2-4,6-7,9H,5,8H2. The highest BCUT2D eigenvalue weighted by molar-refractivity contribution is 5.55. The van der Waals surface area contributed by atoms with E-state index in [2.05, 4.69) is 9.83 Å². The molecule has 2 aromatic rings. The van der Waals surface area contributed by atoms with Crippen LogP contribution >= 0.6 is 0 Å². The molecule has 0 radical (unpaired) electrons. The lowest BCUT2D eigenvalue weighted by Gasteiger charge is -2.05. The fourth-order valence-electron chi connectivity index (χ4n) is 1.29. The molecular formula is C12H10N2O2. The van der Waals surface area contributed by atoms with Gasteiger partial charge < -0.3 is 9.15 Å². The number of furan rings is 1. The summed E-state index contributed by atoms with van der Waals surface area (Å²) < 4.78 is 10.6. The topological polar surface area (TPSA) is 39.6 Å². The Bertz CT molecular complexity index is 486. The Hall–Kier alpha value is -2.28. The Labute approximate surface area is 93.3 Å². The Morgan fingerprint density at radius 3 is 3.12 bits per heavy atom. The van der Waals surface area contributed by atoms with Crippen molar-refractivity contribution in [2.24, 2.45) is 0 Å². The zero-order valence-electron chi connectivity index (χ0n) is 8.59. The predicted molar refractivity (Wildman–Crippen MR) is 58.4 cm³/mol. The maximum absolute atomic E-state index is 6.96. The minimum absolute atomic E-state index is 0.474. The zero-order chi connectivity index (χ0) is 11.2. The smallest absolute Gasteiger partial charge is 0.231 e. The first-order valence-electron chi connectivity index (χ1n) is 4.87. The van der Waals surface area contributed by atoms with Gasteiger partial charge >= 0.3 is 0 Å². The number of rotatable bonds is 4. The summed E-state index contributed by atoms with van der Waals surface area (Å²) in [4.78, 5) is 7.26. The van der Waals surface area contributed by atoms with Crippen LogP contribution in [0.15, 0.2) is 41.3 Å². The summed E-state index contributed by atoms with van der Waals surface area (Å²) in [6.45, 7) is 7.43. The van der Waals surface area contributed by atoms with Gasteiger partial charge in [-0.05, 0) is 18.2 Å². The SMILES string of the molecule is [C-]#[N+]c1ccncc1OCCc1ccco1. The molecule has 2 heterocycles. The molecule has 4 nitrogen and oxygen atoms in total. The Balaban J connectivity index is 1.93. The molecule has 0 fully saturated rings. The van der Waals surface area contributed by atoms with Gasteiger partial charge in [0, 0.05) is 12.6 Å². The minimum atomic E-state index is 0.474. The van der Waals surface area contributed by atoms with Gasteiger partial charge in [0.05, 0.1) is 25.6 Å². The summed E-state index contributed by atoms with van der Waals surface area (Å²) >= 11 is 0. The van der Waals surface area contributed by atoms with Crippen LogP contribution < -0.4 is 4.74 Å². The van der Waals surface area contributed by atoms with E-state index in [-0.39, 0.29) is 0 Å². The molecule has 2 rings (SSSR count). The predicted octanol–water partition coefficient (Wildman–Crippen LogP) is 2.85. The van der Waals surface area contributed by atoms with Crippen molar-refractivity contribution in [1.29, 1.82) is 0 Å². The highest BCUT2D eigenvalue weighted by Gasteiger charge is 2.03. The molecule has 0 unspecified atom stereocenters. The highest BCUT2D eigenvalue weighted by Crippen LogP contribution is 2.25. The molecule has 0 aliphatic heterocycles. The largest absolute Gasteiger partial charge is 0.503 e. The summed E-state index contributed by atoms with van der Waals surface area (Å²) in [5.74, 6) is 1.39. The Kier molecular flexibility index (Phi) is 3.19. The lowest BCUT2D eigenvalue weighted by Crippen LogP contribution is -2.00. The van der Waals surface area contributed by atoms with Crippen molar-refractivity contribution in [3.05, 3.63) is 54.0 Å². The van der Waals surface area contributed by atoms with E-state index in [1.165, 1.54) is 0 Å². The van der Waals surface area contributed by atoms with Gasteiger partial charge in [-0.3, -0.25) is 4.98 Å². The van der Waals surface area contributed by atoms with Gasteiger partial charge in [-0.1, -0.05) is 0 Å². The van der Waals surface area contributed by atoms with Crippen LogP contribution in [0.5, 0.6) is 5.75 Å². The second-order valence-electron chi connectivity index (χ2n) is 3.13. The third-order valence-electron chi connectivity index (χ3n) is 2.07. The molecule has 0 atom stereocenters. The molecule has 0 aliphatic rings. The summed E-state index contributed by atoms with van der Waals surface area (Å²) in [5, 5.41) is 0. The molecular weight excluding hydrogens is 204 g/mol. The first-order valence-corrected chi connectivity index (χ1v) is 4.87. The van der Waals surface area contributed by atoms with Crippen LogP contribution in [0.25, 0.3) is 4.85 Å². The normalized spacial score (nSPS) is 9.69. The van der Waals surface area contributed by atoms with E-state index in [9.17, 15) is 0 Å². The monoisotopic (exact) mass is 214 g/mol. The van der Waals surface area contributed by atoms with Crippen molar-refractivity contribution in [1.82, 2.24) is 4.98 Å². The van der Waals surface area contributed by atoms with Crippen LogP contribution in [0.3, 0.4) is 0 Å². The van der Waals surface area contributed by atoms with Gasteiger partial charge in [-0.25, -0.2) is 4.85 Å². The van der Waals surface area contributed by atoms with E-state index in [1.807, 2.05) is 12.1 Å². The molecule has 0 amide bonds. The maximum atomic E-state index is 6.96. The average molecular weight is 214 g/mol. The number of pyridine rings is 1. The van der Waals surface area contributed by atoms with E-state index in [4.69, 9.17) is 15.7 Å². The second kappa shape index (κ2) is 4.99. The Morgan fingerprint density at radius 2 is 2.38 bits per heavy atom. The van der Waals surface area contributed by atoms with Crippen LogP contribution in [-0.4, -0.2) is 11.6 Å². The summed E-state index contributed by atoms with van der Waals surface area (Å²) in [6, 6.07) is 5.36. The number of aromatic nitrogens is 1. The second-order valence-corrected chi connectivity index (χ2v) is 3.13. The van der Waals surface area contributed by atoms with Crippen molar-refractivity contribution >= 4 is 5.69 Å². The molecule has 0 bridgehead atoms.